The van der Waals surface area contributed by atoms with Gasteiger partial charge in [0, 0.05) is 6.42 Å². The zero-order valence-electron chi connectivity index (χ0n) is 14.0. The number of benzene rings is 3. The molecular formula is C23H20N2. The highest BCUT2D eigenvalue weighted by atomic mass is 15.5. The Labute approximate surface area is 148 Å². The third kappa shape index (κ3) is 3.53. The van der Waals surface area contributed by atoms with E-state index in [1.54, 1.807) is 0 Å². The average molecular weight is 324 g/mol. The summed E-state index contributed by atoms with van der Waals surface area (Å²) in [5.41, 5.74) is 4.71. The van der Waals surface area contributed by atoms with Gasteiger partial charge in [-0.15, -0.1) is 0 Å². The quantitative estimate of drug-likeness (QED) is 0.600. The highest BCUT2D eigenvalue weighted by Crippen LogP contribution is 2.35. The summed E-state index contributed by atoms with van der Waals surface area (Å²) in [4.78, 5) is 0. The van der Waals surface area contributed by atoms with Gasteiger partial charge in [-0.25, -0.2) is 0 Å². The lowest BCUT2D eigenvalue weighted by atomic mass is 10.0. The zero-order chi connectivity index (χ0) is 16.9. The molecule has 3 aromatic carbocycles. The van der Waals surface area contributed by atoms with E-state index in [1.165, 1.54) is 11.1 Å². The fourth-order valence-corrected chi connectivity index (χ4v) is 3.14. The zero-order valence-corrected chi connectivity index (χ0v) is 14.0. The van der Waals surface area contributed by atoms with Crippen LogP contribution < -0.4 is 5.01 Å². The van der Waals surface area contributed by atoms with Crippen molar-refractivity contribution in [2.45, 2.75) is 12.5 Å². The topological polar surface area (TPSA) is 15.6 Å². The minimum absolute atomic E-state index is 0.235. The van der Waals surface area contributed by atoms with Gasteiger partial charge in [0.05, 0.1) is 17.4 Å². The molecule has 0 unspecified atom stereocenters. The van der Waals surface area contributed by atoms with Gasteiger partial charge in [-0.1, -0.05) is 84.9 Å². The summed E-state index contributed by atoms with van der Waals surface area (Å²) in [6.07, 6.45) is 5.17. The average Bonchev–Trinajstić information content (AvgIpc) is 3.13. The van der Waals surface area contributed by atoms with Crippen LogP contribution in [0.5, 0.6) is 0 Å². The third-order valence-corrected chi connectivity index (χ3v) is 4.41. The molecule has 0 amide bonds. The second-order valence-electron chi connectivity index (χ2n) is 6.15. The maximum atomic E-state index is 4.89. The Balaban J connectivity index is 1.64. The van der Waals surface area contributed by atoms with Gasteiger partial charge >= 0.3 is 0 Å². The molecule has 1 atom stereocenters. The van der Waals surface area contributed by atoms with Crippen molar-refractivity contribution in [3.63, 3.8) is 0 Å². The molecule has 0 radical (unpaired) electrons. The lowest BCUT2D eigenvalue weighted by Crippen LogP contribution is -2.18. The van der Waals surface area contributed by atoms with Gasteiger partial charge in [-0.2, -0.15) is 5.10 Å². The van der Waals surface area contributed by atoms with Crippen molar-refractivity contribution in [3.8, 4) is 0 Å². The Morgan fingerprint density at radius 1 is 0.720 bits per heavy atom. The molecule has 0 aromatic heterocycles. The monoisotopic (exact) mass is 324 g/mol. The fourth-order valence-electron chi connectivity index (χ4n) is 3.14. The van der Waals surface area contributed by atoms with Gasteiger partial charge in [0.1, 0.15) is 0 Å². The van der Waals surface area contributed by atoms with E-state index in [9.17, 15) is 0 Å². The van der Waals surface area contributed by atoms with Crippen LogP contribution in [0.4, 0.5) is 5.69 Å². The van der Waals surface area contributed by atoms with E-state index in [-0.39, 0.29) is 6.04 Å². The number of para-hydroxylation sites is 1. The number of hydrogen-bond acceptors (Lipinski definition) is 2. The number of hydrogen-bond donors (Lipinski definition) is 0. The molecule has 1 aliphatic rings. The van der Waals surface area contributed by atoms with Crippen LogP contribution in [-0.2, 0) is 0 Å². The highest BCUT2D eigenvalue weighted by molar-refractivity contribution is 6.01. The molecule has 1 heterocycles. The summed E-state index contributed by atoms with van der Waals surface area (Å²) in [6, 6.07) is 31.6. The van der Waals surface area contributed by atoms with Crippen LogP contribution in [0, 0.1) is 0 Å². The third-order valence-electron chi connectivity index (χ3n) is 4.41. The van der Waals surface area contributed by atoms with Crippen molar-refractivity contribution in [2.24, 2.45) is 5.10 Å². The largest absolute Gasteiger partial charge is 0.257 e. The van der Waals surface area contributed by atoms with Crippen LogP contribution in [-0.4, -0.2) is 5.71 Å². The molecule has 1 aliphatic heterocycles. The number of allylic oxidation sites excluding steroid dienone is 1. The molecule has 2 nitrogen and oxygen atoms in total. The van der Waals surface area contributed by atoms with E-state index >= 15 is 0 Å². The standard InChI is InChI=1S/C23H20N2/c1-4-10-19(11-5-1)16-17-21-18-23(20-12-6-2-7-13-20)25(24-21)22-14-8-3-9-15-22/h1-17,23H,18H2/b17-16+/t23-/m0/s1. The van der Waals surface area contributed by atoms with E-state index in [2.05, 4.69) is 96.0 Å². The molecular weight excluding hydrogens is 304 g/mol. The summed E-state index contributed by atoms with van der Waals surface area (Å²) >= 11 is 0. The molecule has 0 N–H and O–H groups in total. The van der Waals surface area contributed by atoms with E-state index in [1.807, 2.05) is 12.1 Å². The molecule has 0 saturated carbocycles. The predicted octanol–water partition coefficient (Wildman–Crippen LogP) is 5.71. The van der Waals surface area contributed by atoms with Crippen molar-refractivity contribution >= 4 is 17.5 Å². The van der Waals surface area contributed by atoms with Gasteiger partial charge in [-0.05, 0) is 29.3 Å². The van der Waals surface area contributed by atoms with Crippen LogP contribution >= 0.6 is 0 Å². The summed E-state index contributed by atoms with van der Waals surface area (Å²) in [5, 5.41) is 7.03. The van der Waals surface area contributed by atoms with E-state index in [4.69, 9.17) is 5.10 Å². The summed E-state index contributed by atoms with van der Waals surface area (Å²) in [5.74, 6) is 0. The SMILES string of the molecule is C(=C\c1ccccc1)/C1=NN(c2ccccc2)[C@H](c2ccccc2)C1. The molecule has 0 aliphatic carbocycles. The fraction of sp³-hybridized carbons (Fsp3) is 0.0870. The first-order chi connectivity index (χ1) is 12.4. The van der Waals surface area contributed by atoms with Gasteiger partial charge in [-0.3, -0.25) is 5.01 Å². The first kappa shape index (κ1) is 15.4. The van der Waals surface area contributed by atoms with Crippen LogP contribution in [0.2, 0.25) is 0 Å². The Kier molecular flexibility index (Phi) is 4.42. The number of hydrazone groups is 1. The molecule has 25 heavy (non-hydrogen) atoms. The second kappa shape index (κ2) is 7.18. The van der Waals surface area contributed by atoms with Gasteiger partial charge < -0.3 is 0 Å². The summed E-state index contributed by atoms with van der Waals surface area (Å²) in [6.45, 7) is 0. The minimum atomic E-state index is 0.235. The molecule has 3 aromatic rings. The molecule has 0 saturated heterocycles. The van der Waals surface area contributed by atoms with E-state index in [0.717, 1.165) is 17.8 Å². The molecule has 122 valence electrons. The number of anilines is 1. The lowest BCUT2D eigenvalue weighted by Gasteiger charge is -2.23. The predicted molar refractivity (Wildman–Crippen MR) is 106 cm³/mol. The molecule has 0 bridgehead atoms. The molecule has 2 heteroatoms. The van der Waals surface area contributed by atoms with Crippen LogP contribution in [0.25, 0.3) is 6.08 Å². The first-order valence-corrected chi connectivity index (χ1v) is 8.60. The molecule has 4 rings (SSSR count). The van der Waals surface area contributed by atoms with Crippen molar-refractivity contribution in [2.75, 3.05) is 5.01 Å². The first-order valence-electron chi connectivity index (χ1n) is 8.60. The Bertz CT molecular complexity index is 868. The number of nitrogens with zero attached hydrogens (tertiary/aromatic N) is 2. The normalized spacial score (nSPS) is 17.0. The Morgan fingerprint density at radius 3 is 2.00 bits per heavy atom. The van der Waals surface area contributed by atoms with E-state index < -0.39 is 0 Å². The smallest absolute Gasteiger partial charge is 0.0831 e. The van der Waals surface area contributed by atoms with Crippen LogP contribution in [0.3, 0.4) is 0 Å². The van der Waals surface area contributed by atoms with Crippen molar-refractivity contribution < 1.29 is 0 Å². The van der Waals surface area contributed by atoms with Crippen molar-refractivity contribution in [3.05, 3.63) is 108 Å². The van der Waals surface area contributed by atoms with Gasteiger partial charge in [0.15, 0.2) is 0 Å². The van der Waals surface area contributed by atoms with Gasteiger partial charge in [0.25, 0.3) is 0 Å². The van der Waals surface area contributed by atoms with E-state index in [0.29, 0.717) is 0 Å². The van der Waals surface area contributed by atoms with Crippen LogP contribution in [0.15, 0.2) is 102 Å². The highest BCUT2D eigenvalue weighted by Gasteiger charge is 2.27. The summed E-state index contributed by atoms with van der Waals surface area (Å²) in [7, 11) is 0. The Hall–Kier alpha value is -3.13. The molecule has 0 spiro atoms. The lowest BCUT2D eigenvalue weighted by molar-refractivity contribution is 0.709. The minimum Gasteiger partial charge on any atom is -0.257 e. The number of rotatable bonds is 4. The maximum Gasteiger partial charge on any atom is 0.0831 e. The summed E-state index contributed by atoms with van der Waals surface area (Å²) < 4.78 is 0. The maximum absolute atomic E-state index is 4.89. The van der Waals surface area contributed by atoms with Crippen LogP contribution in [0.1, 0.15) is 23.6 Å². The molecule has 0 fully saturated rings. The van der Waals surface area contributed by atoms with Crippen molar-refractivity contribution in [1.29, 1.82) is 0 Å². The van der Waals surface area contributed by atoms with Gasteiger partial charge in [0.2, 0.25) is 0 Å². The Morgan fingerprint density at radius 2 is 1.32 bits per heavy atom. The second-order valence-corrected chi connectivity index (χ2v) is 6.15. The van der Waals surface area contributed by atoms with Crippen molar-refractivity contribution in [1.82, 2.24) is 0 Å².